The molecule has 1 unspecified atom stereocenters. The van der Waals surface area contributed by atoms with Gasteiger partial charge in [-0.1, -0.05) is 11.6 Å². The van der Waals surface area contributed by atoms with Crippen LogP contribution in [-0.4, -0.2) is 48.2 Å². The summed E-state index contributed by atoms with van der Waals surface area (Å²) in [5.41, 5.74) is -0.480. The standard InChI is InChI=1S/C11H13ClN4O4/c12-10-3-8(9(5-14-10)16(18)19)11(17)15-4-7-6-20-2-1-13-7/h3,5,7,13H,1-2,4,6H2,(H,15,17). The Bertz CT molecular complexity index is 519. The Morgan fingerprint density at radius 1 is 1.70 bits per heavy atom. The van der Waals surface area contributed by atoms with E-state index in [9.17, 15) is 14.9 Å². The van der Waals surface area contributed by atoms with Gasteiger partial charge in [-0.15, -0.1) is 0 Å². The van der Waals surface area contributed by atoms with Crippen molar-refractivity contribution in [3.8, 4) is 0 Å². The number of halogens is 1. The van der Waals surface area contributed by atoms with E-state index < -0.39 is 10.8 Å². The molecule has 20 heavy (non-hydrogen) atoms. The Kier molecular flexibility index (Phi) is 4.83. The fourth-order valence-electron chi connectivity index (χ4n) is 1.81. The number of carbonyl (C=O) groups excluding carboxylic acids is 1. The second-order valence-electron chi connectivity index (χ2n) is 4.22. The lowest BCUT2D eigenvalue weighted by Gasteiger charge is -2.23. The molecule has 9 heteroatoms. The molecule has 2 heterocycles. The number of hydrogen-bond donors (Lipinski definition) is 2. The van der Waals surface area contributed by atoms with Gasteiger partial charge in [0.25, 0.3) is 11.6 Å². The van der Waals surface area contributed by atoms with Crippen molar-refractivity contribution in [3.63, 3.8) is 0 Å². The summed E-state index contributed by atoms with van der Waals surface area (Å²) in [6.45, 7) is 2.15. The van der Waals surface area contributed by atoms with Gasteiger partial charge in [-0.25, -0.2) is 4.98 Å². The van der Waals surface area contributed by atoms with Gasteiger partial charge in [0.15, 0.2) is 0 Å². The Balaban J connectivity index is 2.04. The number of carbonyl (C=O) groups is 1. The van der Waals surface area contributed by atoms with Crippen LogP contribution in [0.1, 0.15) is 10.4 Å². The lowest BCUT2D eigenvalue weighted by molar-refractivity contribution is -0.385. The monoisotopic (exact) mass is 300 g/mol. The van der Waals surface area contributed by atoms with Crippen LogP contribution in [0.3, 0.4) is 0 Å². The molecule has 1 aromatic rings. The highest BCUT2D eigenvalue weighted by atomic mass is 35.5. The van der Waals surface area contributed by atoms with Crippen molar-refractivity contribution >= 4 is 23.2 Å². The number of pyridine rings is 1. The molecule has 1 fully saturated rings. The van der Waals surface area contributed by atoms with E-state index in [0.717, 1.165) is 6.20 Å². The first-order valence-electron chi connectivity index (χ1n) is 5.97. The van der Waals surface area contributed by atoms with Gasteiger partial charge in [0.1, 0.15) is 16.9 Å². The maximum absolute atomic E-state index is 12.0. The molecule has 1 atom stereocenters. The maximum Gasteiger partial charge on any atom is 0.300 e. The van der Waals surface area contributed by atoms with Gasteiger partial charge in [-0.05, 0) is 6.07 Å². The van der Waals surface area contributed by atoms with Crippen molar-refractivity contribution in [1.82, 2.24) is 15.6 Å². The number of ether oxygens (including phenoxy) is 1. The molecule has 1 saturated heterocycles. The third-order valence-electron chi connectivity index (χ3n) is 2.80. The summed E-state index contributed by atoms with van der Waals surface area (Å²) in [5.74, 6) is -0.562. The van der Waals surface area contributed by atoms with Gasteiger partial charge in [-0.3, -0.25) is 14.9 Å². The van der Waals surface area contributed by atoms with Crippen LogP contribution in [0, 0.1) is 10.1 Å². The van der Waals surface area contributed by atoms with E-state index in [4.69, 9.17) is 16.3 Å². The minimum Gasteiger partial charge on any atom is -0.378 e. The minimum atomic E-state index is -0.666. The Morgan fingerprint density at radius 2 is 2.50 bits per heavy atom. The zero-order valence-corrected chi connectivity index (χ0v) is 11.2. The molecule has 0 aliphatic carbocycles. The normalized spacial score (nSPS) is 18.6. The number of aromatic nitrogens is 1. The largest absolute Gasteiger partial charge is 0.378 e. The third kappa shape index (κ3) is 3.62. The second-order valence-corrected chi connectivity index (χ2v) is 4.60. The van der Waals surface area contributed by atoms with Crippen LogP contribution in [0.15, 0.2) is 12.3 Å². The molecule has 1 aliphatic heterocycles. The summed E-state index contributed by atoms with van der Waals surface area (Å²) in [6, 6.07) is 1.17. The smallest absolute Gasteiger partial charge is 0.300 e. The zero-order chi connectivity index (χ0) is 14.5. The predicted molar refractivity (Wildman–Crippen MR) is 70.8 cm³/mol. The van der Waals surface area contributed by atoms with Gasteiger partial charge in [-0.2, -0.15) is 0 Å². The molecule has 2 rings (SSSR count). The molecule has 1 aliphatic rings. The highest BCUT2D eigenvalue weighted by Gasteiger charge is 2.22. The number of morpholine rings is 1. The van der Waals surface area contributed by atoms with Crippen LogP contribution < -0.4 is 10.6 Å². The number of nitrogens with one attached hydrogen (secondary N) is 2. The quantitative estimate of drug-likeness (QED) is 0.472. The Hall–Kier alpha value is -1.77. The first-order valence-corrected chi connectivity index (χ1v) is 6.35. The van der Waals surface area contributed by atoms with E-state index >= 15 is 0 Å². The molecular weight excluding hydrogens is 288 g/mol. The number of nitrogens with zero attached hydrogens (tertiary/aromatic N) is 2. The van der Waals surface area contributed by atoms with E-state index in [1.54, 1.807) is 0 Å². The highest BCUT2D eigenvalue weighted by Crippen LogP contribution is 2.20. The summed E-state index contributed by atoms with van der Waals surface area (Å²) >= 11 is 5.67. The molecule has 0 saturated carbocycles. The van der Waals surface area contributed by atoms with E-state index in [-0.39, 0.29) is 22.4 Å². The lowest BCUT2D eigenvalue weighted by atomic mass is 10.2. The fourth-order valence-corrected chi connectivity index (χ4v) is 1.97. The van der Waals surface area contributed by atoms with Crippen LogP contribution in [0.5, 0.6) is 0 Å². The number of nitro groups is 1. The number of rotatable bonds is 4. The number of amides is 1. The second kappa shape index (κ2) is 6.60. The average Bonchev–Trinajstić information content (AvgIpc) is 2.45. The maximum atomic E-state index is 12.0. The van der Waals surface area contributed by atoms with Crippen molar-refractivity contribution in [2.75, 3.05) is 26.3 Å². The summed E-state index contributed by atoms with van der Waals surface area (Å²) in [6.07, 6.45) is 0.971. The molecule has 0 bridgehead atoms. The molecule has 1 amide bonds. The van der Waals surface area contributed by atoms with E-state index in [0.29, 0.717) is 26.3 Å². The third-order valence-corrected chi connectivity index (χ3v) is 3.01. The van der Waals surface area contributed by atoms with Crippen LogP contribution in [0.2, 0.25) is 5.15 Å². The molecule has 8 nitrogen and oxygen atoms in total. The minimum absolute atomic E-state index is 0.0101. The van der Waals surface area contributed by atoms with Crippen molar-refractivity contribution in [2.24, 2.45) is 0 Å². The van der Waals surface area contributed by atoms with Gasteiger partial charge >= 0.3 is 0 Å². The highest BCUT2D eigenvalue weighted by molar-refractivity contribution is 6.29. The van der Waals surface area contributed by atoms with E-state index in [1.165, 1.54) is 6.07 Å². The zero-order valence-electron chi connectivity index (χ0n) is 10.5. The Labute approximate surface area is 119 Å². The summed E-state index contributed by atoms with van der Waals surface area (Å²) in [4.78, 5) is 25.8. The van der Waals surface area contributed by atoms with Crippen molar-refractivity contribution in [1.29, 1.82) is 0 Å². The Morgan fingerprint density at radius 3 is 3.15 bits per heavy atom. The van der Waals surface area contributed by atoms with Crippen molar-refractivity contribution in [3.05, 3.63) is 33.1 Å². The van der Waals surface area contributed by atoms with E-state index in [2.05, 4.69) is 15.6 Å². The van der Waals surface area contributed by atoms with Crippen molar-refractivity contribution in [2.45, 2.75) is 6.04 Å². The van der Waals surface area contributed by atoms with Crippen LogP contribution in [-0.2, 0) is 4.74 Å². The van der Waals surface area contributed by atoms with Gasteiger partial charge in [0, 0.05) is 19.1 Å². The molecule has 0 spiro atoms. The molecule has 0 radical (unpaired) electrons. The SMILES string of the molecule is O=C(NCC1COCCN1)c1cc(Cl)ncc1[N+](=O)[O-]. The molecule has 0 aromatic carbocycles. The summed E-state index contributed by atoms with van der Waals surface area (Å²) in [5, 5.41) is 16.7. The first kappa shape index (κ1) is 14.6. The van der Waals surface area contributed by atoms with Crippen LogP contribution in [0.25, 0.3) is 0 Å². The first-order chi connectivity index (χ1) is 9.58. The number of hydrogen-bond acceptors (Lipinski definition) is 6. The average molecular weight is 301 g/mol. The van der Waals surface area contributed by atoms with Crippen LogP contribution >= 0.6 is 11.6 Å². The molecular formula is C11H13ClN4O4. The fraction of sp³-hybridized carbons (Fsp3) is 0.455. The lowest BCUT2D eigenvalue weighted by Crippen LogP contribution is -2.48. The molecule has 108 valence electrons. The topological polar surface area (TPSA) is 106 Å². The summed E-state index contributed by atoms with van der Waals surface area (Å²) < 4.78 is 5.25. The summed E-state index contributed by atoms with van der Waals surface area (Å²) in [7, 11) is 0. The molecule has 2 N–H and O–H groups in total. The van der Waals surface area contributed by atoms with Gasteiger partial charge in [0.05, 0.1) is 18.1 Å². The predicted octanol–water partition coefficient (Wildman–Crippen LogP) is 0.361. The van der Waals surface area contributed by atoms with Crippen LogP contribution in [0.4, 0.5) is 5.69 Å². The molecule has 1 aromatic heterocycles. The van der Waals surface area contributed by atoms with Gasteiger partial charge in [0.2, 0.25) is 0 Å². The van der Waals surface area contributed by atoms with Crippen molar-refractivity contribution < 1.29 is 14.5 Å². The van der Waals surface area contributed by atoms with Gasteiger partial charge < -0.3 is 15.4 Å². The van der Waals surface area contributed by atoms with E-state index in [1.807, 2.05) is 0 Å².